The molecule has 0 unspecified atom stereocenters. The standard InChI is InChI=1S/C12H16N2O5S/c1-20(18,19)9-2-3-11(13-5-9)14-6-8(4-12(16)17)10(15)7-14/h2-3,5,8,10,15H,4,6-7H2,1H3,(H,16,17)/t8-,10-/m1/s1. The van der Waals surface area contributed by atoms with Crippen molar-refractivity contribution in [2.45, 2.75) is 17.4 Å². The minimum atomic E-state index is -3.29. The second-order valence-corrected chi connectivity index (χ2v) is 6.97. The predicted octanol–water partition coefficient (Wildman–Crippen LogP) is -0.243. The van der Waals surface area contributed by atoms with Crippen LogP contribution in [0.5, 0.6) is 0 Å². The molecule has 0 saturated carbocycles. The number of aliphatic hydroxyl groups excluding tert-OH is 1. The van der Waals surface area contributed by atoms with E-state index in [0.29, 0.717) is 18.9 Å². The van der Waals surface area contributed by atoms with Crippen molar-refractivity contribution >= 4 is 21.6 Å². The second kappa shape index (κ2) is 5.37. The molecule has 110 valence electrons. The fourth-order valence-electron chi connectivity index (χ4n) is 2.24. The molecule has 0 aliphatic carbocycles. The molecule has 1 aromatic rings. The lowest BCUT2D eigenvalue weighted by Crippen LogP contribution is -2.22. The SMILES string of the molecule is CS(=O)(=O)c1ccc(N2C[C@@H](CC(=O)O)[C@H](O)C2)nc1. The van der Waals surface area contributed by atoms with Crippen LogP contribution in [0.25, 0.3) is 0 Å². The number of β-amino-alcohol motifs (C(OH)–C–C–N with tert-alkyl or cyclic N) is 1. The molecule has 0 amide bonds. The topological polar surface area (TPSA) is 108 Å². The van der Waals surface area contributed by atoms with Crippen LogP contribution < -0.4 is 4.90 Å². The summed E-state index contributed by atoms with van der Waals surface area (Å²) >= 11 is 0. The number of aliphatic hydroxyl groups is 1. The number of aromatic nitrogens is 1. The summed E-state index contributed by atoms with van der Waals surface area (Å²) in [5.41, 5.74) is 0. The van der Waals surface area contributed by atoms with Crippen molar-refractivity contribution in [3.63, 3.8) is 0 Å². The van der Waals surface area contributed by atoms with Crippen LogP contribution in [-0.2, 0) is 14.6 Å². The number of rotatable bonds is 4. The van der Waals surface area contributed by atoms with Crippen LogP contribution >= 0.6 is 0 Å². The lowest BCUT2D eigenvalue weighted by atomic mass is 10.0. The van der Waals surface area contributed by atoms with E-state index in [1.807, 2.05) is 0 Å². The van der Waals surface area contributed by atoms with Gasteiger partial charge in [0.15, 0.2) is 9.84 Å². The highest BCUT2D eigenvalue weighted by atomic mass is 32.2. The average molecular weight is 300 g/mol. The number of nitrogens with zero attached hydrogens (tertiary/aromatic N) is 2. The normalized spacial score (nSPS) is 23.0. The molecular formula is C12H16N2O5S. The van der Waals surface area contributed by atoms with E-state index in [2.05, 4.69) is 4.98 Å². The molecule has 2 N–H and O–H groups in total. The van der Waals surface area contributed by atoms with E-state index in [1.54, 1.807) is 11.0 Å². The number of anilines is 1. The summed E-state index contributed by atoms with van der Waals surface area (Å²) in [5.74, 6) is -0.760. The minimum Gasteiger partial charge on any atom is -0.481 e. The first-order valence-electron chi connectivity index (χ1n) is 6.08. The smallest absolute Gasteiger partial charge is 0.303 e. The fraction of sp³-hybridized carbons (Fsp3) is 0.500. The number of pyridine rings is 1. The highest BCUT2D eigenvalue weighted by molar-refractivity contribution is 7.90. The van der Waals surface area contributed by atoms with Crippen molar-refractivity contribution in [2.24, 2.45) is 5.92 Å². The summed E-state index contributed by atoms with van der Waals surface area (Å²) in [6.07, 6.45) is 1.55. The van der Waals surface area contributed by atoms with Gasteiger partial charge in [0.2, 0.25) is 0 Å². The number of hydrogen-bond acceptors (Lipinski definition) is 6. The Hall–Kier alpha value is -1.67. The van der Waals surface area contributed by atoms with Crippen LogP contribution in [0, 0.1) is 5.92 Å². The van der Waals surface area contributed by atoms with E-state index in [0.717, 1.165) is 6.26 Å². The minimum absolute atomic E-state index is 0.0981. The third-order valence-electron chi connectivity index (χ3n) is 3.32. The third-order valence-corrected chi connectivity index (χ3v) is 4.41. The van der Waals surface area contributed by atoms with E-state index in [9.17, 15) is 18.3 Å². The third kappa shape index (κ3) is 3.26. The molecule has 1 aromatic heterocycles. The van der Waals surface area contributed by atoms with Gasteiger partial charge in [-0.1, -0.05) is 0 Å². The van der Waals surface area contributed by atoms with Gasteiger partial charge < -0.3 is 15.1 Å². The summed E-state index contributed by atoms with van der Waals surface area (Å²) in [6.45, 7) is 0.682. The van der Waals surface area contributed by atoms with Gasteiger partial charge in [-0.05, 0) is 12.1 Å². The monoisotopic (exact) mass is 300 g/mol. The number of hydrogen-bond donors (Lipinski definition) is 2. The van der Waals surface area contributed by atoms with Crippen LogP contribution in [0.15, 0.2) is 23.2 Å². The zero-order valence-electron chi connectivity index (χ0n) is 10.9. The van der Waals surface area contributed by atoms with Crippen LogP contribution in [0.3, 0.4) is 0 Å². The maximum atomic E-state index is 11.3. The molecule has 2 rings (SSSR count). The van der Waals surface area contributed by atoms with Gasteiger partial charge in [0.05, 0.1) is 17.4 Å². The maximum Gasteiger partial charge on any atom is 0.303 e. The number of aliphatic carboxylic acids is 1. The van der Waals surface area contributed by atoms with Gasteiger partial charge in [-0.25, -0.2) is 13.4 Å². The van der Waals surface area contributed by atoms with E-state index >= 15 is 0 Å². The van der Waals surface area contributed by atoms with Crippen molar-refractivity contribution in [1.29, 1.82) is 0 Å². The number of carboxylic acids is 1. The van der Waals surface area contributed by atoms with Gasteiger partial charge in [-0.15, -0.1) is 0 Å². The highest BCUT2D eigenvalue weighted by Gasteiger charge is 2.33. The van der Waals surface area contributed by atoms with E-state index < -0.39 is 21.9 Å². The first-order chi connectivity index (χ1) is 9.27. The van der Waals surface area contributed by atoms with Crippen LogP contribution in [0.2, 0.25) is 0 Å². The molecule has 1 fully saturated rings. The summed E-state index contributed by atoms with van der Waals surface area (Å²) in [5, 5.41) is 18.6. The highest BCUT2D eigenvalue weighted by Crippen LogP contribution is 2.25. The second-order valence-electron chi connectivity index (χ2n) is 4.95. The Balaban J connectivity index is 2.12. The molecule has 1 aliphatic rings. The zero-order chi connectivity index (χ0) is 14.9. The lowest BCUT2D eigenvalue weighted by Gasteiger charge is -2.16. The molecule has 1 saturated heterocycles. The molecule has 2 heterocycles. The molecule has 7 nitrogen and oxygen atoms in total. The van der Waals surface area contributed by atoms with Gasteiger partial charge in [0, 0.05) is 31.5 Å². The number of carboxylic acid groups (broad SMARTS) is 1. The largest absolute Gasteiger partial charge is 0.481 e. The summed E-state index contributed by atoms with van der Waals surface area (Å²) in [6, 6.07) is 3.01. The number of carbonyl (C=O) groups is 1. The van der Waals surface area contributed by atoms with Crippen LogP contribution in [0.4, 0.5) is 5.82 Å². The van der Waals surface area contributed by atoms with Gasteiger partial charge in [-0.2, -0.15) is 0 Å². The quantitative estimate of drug-likeness (QED) is 0.789. The predicted molar refractivity (Wildman–Crippen MR) is 71.3 cm³/mol. The van der Waals surface area contributed by atoms with Gasteiger partial charge in [0.25, 0.3) is 0 Å². The molecule has 0 spiro atoms. The molecule has 20 heavy (non-hydrogen) atoms. The molecule has 8 heteroatoms. The van der Waals surface area contributed by atoms with Gasteiger partial charge >= 0.3 is 5.97 Å². The molecular weight excluding hydrogens is 284 g/mol. The molecule has 1 aliphatic heterocycles. The van der Waals surface area contributed by atoms with Crippen molar-refractivity contribution in [1.82, 2.24) is 4.98 Å². The summed E-state index contributed by atoms with van der Waals surface area (Å²) in [4.78, 5) is 16.6. The maximum absolute atomic E-state index is 11.3. The Bertz CT molecular complexity index is 599. The summed E-state index contributed by atoms with van der Waals surface area (Å²) < 4.78 is 22.7. The fourth-order valence-corrected chi connectivity index (χ4v) is 2.80. The summed E-state index contributed by atoms with van der Waals surface area (Å²) in [7, 11) is -3.29. The number of sulfone groups is 1. The Labute approximate surface area is 116 Å². The van der Waals surface area contributed by atoms with Crippen molar-refractivity contribution in [2.75, 3.05) is 24.2 Å². The van der Waals surface area contributed by atoms with Crippen molar-refractivity contribution < 1.29 is 23.4 Å². The Kier molecular flexibility index (Phi) is 3.96. The van der Waals surface area contributed by atoms with Crippen molar-refractivity contribution in [3.8, 4) is 0 Å². The zero-order valence-corrected chi connectivity index (χ0v) is 11.7. The lowest BCUT2D eigenvalue weighted by molar-refractivity contribution is -0.138. The first-order valence-corrected chi connectivity index (χ1v) is 7.97. The average Bonchev–Trinajstić information content (AvgIpc) is 2.69. The molecule has 0 aromatic carbocycles. The van der Waals surface area contributed by atoms with Crippen LogP contribution in [0.1, 0.15) is 6.42 Å². The molecule has 2 atom stereocenters. The Morgan fingerprint density at radius 1 is 1.45 bits per heavy atom. The van der Waals surface area contributed by atoms with Gasteiger partial charge in [-0.3, -0.25) is 4.79 Å². The van der Waals surface area contributed by atoms with E-state index in [4.69, 9.17) is 5.11 Å². The Morgan fingerprint density at radius 3 is 2.65 bits per heavy atom. The van der Waals surface area contributed by atoms with E-state index in [1.165, 1.54) is 12.3 Å². The van der Waals surface area contributed by atoms with Crippen molar-refractivity contribution in [3.05, 3.63) is 18.3 Å². The van der Waals surface area contributed by atoms with Crippen LogP contribution in [-0.4, -0.2) is 55.0 Å². The van der Waals surface area contributed by atoms with E-state index in [-0.39, 0.29) is 17.2 Å². The van der Waals surface area contributed by atoms with Gasteiger partial charge in [0.1, 0.15) is 5.82 Å². The Morgan fingerprint density at radius 2 is 2.15 bits per heavy atom. The molecule has 0 radical (unpaired) electrons. The first kappa shape index (κ1) is 14.7. The molecule has 0 bridgehead atoms.